The minimum absolute atomic E-state index is 0.00632. The second-order valence-electron chi connectivity index (χ2n) is 12.8. The fourth-order valence-corrected chi connectivity index (χ4v) is 11.6. The Morgan fingerprint density at radius 2 is 1.40 bits per heavy atom. The third-order valence-corrected chi connectivity index (χ3v) is 15.7. The molecule has 1 amide bonds. The lowest BCUT2D eigenvalue weighted by atomic mass is 9.80. The highest BCUT2D eigenvalue weighted by Crippen LogP contribution is 2.75. The monoisotopic (exact) mass is 729 g/mol. The van der Waals surface area contributed by atoms with Gasteiger partial charge >= 0.3 is 19.5 Å². The number of carbonyl (C=O) groups is 3. The van der Waals surface area contributed by atoms with Crippen LogP contribution in [0.4, 0.5) is 0 Å². The molecule has 0 fully saturated rings. The van der Waals surface area contributed by atoms with E-state index in [2.05, 4.69) is 0 Å². The molecule has 0 aliphatic heterocycles. The molecule has 0 bridgehead atoms. The molecule has 11 nitrogen and oxygen atoms in total. The van der Waals surface area contributed by atoms with Gasteiger partial charge in [-0.1, -0.05) is 95.3 Å². The van der Waals surface area contributed by atoms with Crippen molar-refractivity contribution < 1.29 is 47.7 Å². The summed E-state index contributed by atoms with van der Waals surface area (Å²) >= 11 is 0. The summed E-state index contributed by atoms with van der Waals surface area (Å²) in [7, 11) is -9.36. The van der Waals surface area contributed by atoms with E-state index in [9.17, 15) is 38.4 Å². The molecule has 0 aliphatic rings. The maximum absolute atomic E-state index is 14.9. The average Bonchev–Trinajstić information content (AvgIpc) is 3.07. The first-order valence-corrected chi connectivity index (χ1v) is 20.0. The summed E-state index contributed by atoms with van der Waals surface area (Å²) in [5.41, 5.74) is 0.551. The molecule has 50 heavy (non-hydrogen) atoms. The van der Waals surface area contributed by atoms with Crippen LogP contribution in [-0.4, -0.2) is 55.2 Å². The third kappa shape index (κ3) is 9.00. The number of rotatable bonds is 18. The number of carbonyl (C=O) groups excluding carboxylic acids is 2. The van der Waals surface area contributed by atoms with Gasteiger partial charge in [-0.3, -0.25) is 18.7 Å². The van der Waals surface area contributed by atoms with Gasteiger partial charge in [-0.2, -0.15) is 0 Å². The second kappa shape index (κ2) is 17.1. The van der Waals surface area contributed by atoms with Crippen LogP contribution < -0.4 is 10.0 Å². The predicted octanol–water partition coefficient (Wildman–Crippen LogP) is 7.03. The van der Waals surface area contributed by atoms with Gasteiger partial charge in [0.25, 0.3) is 0 Å². The van der Waals surface area contributed by atoms with E-state index in [0.717, 1.165) is 11.1 Å². The molecular formula is C37H49NO10P2. The van der Waals surface area contributed by atoms with Crippen molar-refractivity contribution in [2.45, 2.75) is 96.5 Å². The number of hydrogen-bond donors (Lipinski definition) is 3. The average molecular weight is 730 g/mol. The topological polar surface area (TPSA) is 168 Å². The van der Waals surface area contributed by atoms with Gasteiger partial charge < -0.3 is 29.1 Å². The Kier molecular flexibility index (Phi) is 14.0. The Labute approximate surface area is 294 Å². The van der Waals surface area contributed by atoms with Crippen LogP contribution in [0.1, 0.15) is 83.9 Å². The van der Waals surface area contributed by atoms with Gasteiger partial charge in [0.05, 0.1) is 6.61 Å². The number of esters is 1. The third-order valence-electron chi connectivity index (χ3n) is 9.12. The van der Waals surface area contributed by atoms with Crippen LogP contribution >= 0.6 is 15.0 Å². The molecule has 1 unspecified atom stereocenters. The number of hydrogen-bond acceptors (Lipinski definition) is 7. The van der Waals surface area contributed by atoms with Gasteiger partial charge in [-0.15, -0.1) is 0 Å². The quantitative estimate of drug-likeness (QED) is 0.0703. The van der Waals surface area contributed by atoms with Crippen LogP contribution in [0.3, 0.4) is 0 Å². The van der Waals surface area contributed by atoms with E-state index in [1.165, 1.54) is 23.1 Å². The Balaban J connectivity index is 2.20. The SMILES string of the molecule is CCOP(=O)(c1ccc(OC(=O)CC)c(C(C)(C)CC(=O)N(Cc2ccccc2)[C@@H](Cc2ccccc2)C(=O)O)c1)C(CC)(CC)P(=O)(O)O. The second-order valence-corrected chi connectivity index (χ2v) is 17.9. The number of nitrogens with zero attached hydrogens (tertiary/aromatic N) is 1. The number of ether oxygens (including phenoxy) is 1. The molecule has 0 aromatic heterocycles. The van der Waals surface area contributed by atoms with Gasteiger partial charge in [-0.25, -0.2) is 4.79 Å². The molecule has 0 heterocycles. The van der Waals surface area contributed by atoms with Crippen molar-refractivity contribution in [3.05, 3.63) is 95.6 Å². The van der Waals surface area contributed by atoms with Crippen LogP contribution in [0, 0.1) is 0 Å². The fourth-order valence-electron chi connectivity index (χ4n) is 6.28. The van der Waals surface area contributed by atoms with Crippen molar-refractivity contribution >= 4 is 38.1 Å². The number of carboxylic acid groups (broad SMARTS) is 1. The van der Waals surface area contributed by atoms with Crippen LogP contribution in [0.5, 0.6) is 5.75 Å². The van der Waals surface area contributed by atoms with E-state index in [-0.39, 0.29) is 61.9 Å². The minimum atomic E-state index is -5.03. The van der Waals surface area contributed by atoms with Crippen LogP contribution in [0.25, 0.3) is 0 Å². The zero-order chi connectivity index (χ0) is 37.3. The van der Waals surface area contributed by atoms with Crippen LogP contribution in [0.2, 0.25) is 0 Å². The van der Waals surface area contributed by atoms with E-state index >= 15 is 0 Å². The van der Waals surface area contributed by atoms with Crippen molar-refractivity contribution in [3.63, 3.8) is 0 Å². The van der Waals surface area contributed by atoms with Crippen molar-refractivity contribution in [3.8, 4) is 5.75 Å². The molecule has 3 N–H and O–H groups in total. The Bertz CT molecular complexity index is 1720. The molecular weight excluding hydrogens is 680 g/mol. The Morgan fingerprint density at radius 3 is 1.88 bits per heavy atom. The summed E-state index contributed by atoms with van der Waals surface area (Å²) < 4.78 is 39.5. The molecule has 272 valence electrons. The van der Waals surface area contributed by atoms with Gasteiger partial charge in [0.15, 0.2) is 4.90 Å². The predicted molar refractivity (Wildman–Crippen MR) is 193 cm³/mol. The maximum Gasteiger partial charge on any atom is 0.341 e. The van der Waals surface area contributed by atoms with Gasteiger partial charge in [-0.05, 0) is 49.1 Å². The van der Waals surface area contributed by atoms with E-state index < -0.39 is 49.2 Å². The van der Waals surface area contributed by atoms with Crippen molar-refractivity contribution in [1.82, 2.24) is 4.90 Å². The summed E-state index contributed by atoms with van der Waals surface area (Å²) in [6.07, 6.45) is -0.471. The zero-order valence-corrected chi connectivity index (χ0v) is 31.4. The van der Waals surface area contributed by atoms with Gasteiger partial charge in [0.1, 0.15) is 11.8 Å². The van der Waals surface area contributed by atoms with Crippen LogP contribution in [0.15, 0.2) is 78.9 Å². The van der Waals surface area contributed by atoms with Crippen molar-refractivity contribution in [1.29, 1.82) is 0 Å². The highest BCUT2D eigenvalue weighted by atomic mass is 31.2. The molecule has 0 saturated carbocycles. The standard InChI is InChI=1S/C37H49NO10P2/c1-7-34(40)48-32-22-21-29(49(43,47-10-4)37(8-2,9-3)50(44,45)46)24-30(32)36(5,6)25-33(39)38(26-28-19-15-12-16-20-28)31(35(41)42)23-27-17-13-11-14-18-27/h11-22,24,31H,7-10,23,25-26H2,1-6H3,(H,41,42)(H2,44,45,46)/t31-,49?/m0/s1. The lowest BCUT2D eigenvalue weighted by molar-refractivity contribution is -0.151. The number of amides is 1. The molecule has 0 radical (unpaired) electrons. The lowest BCUT2D eigenvalue weighted by Gasteiger charge is -2.39. The molecule has 2 atom stereocenters. The number of benzene rings is 3. The summed E-state index contributed by atoms with van der Waals surface area (Å²) in [6.45, 7) is 9.62. The number of aliphatic carboxylic acids is 1. The first-order chi connectivity index (χ1) is 23.5. The molecule has 3 aromatic carbocycles. The Morgan fingerprint density at radius 1 is 0.840 bits per heavy atom. The molecule has 3 rings (SSSR count). The number of carboxylic acids is 1. The molecule has 3 aromatic rings. The molecule has 0 spiro atoms. The van der Waals surface area contributed by atoms with E-state index in [1.54, 1.807) is 90.1 Å². The molecule has 13 heteroatoms. The maximum atomic E-state index is 14.9. The minimum Gasteiger partial charge on any atom is -0.480 e. The van der Waals surface area contributed by atoms with Crippen molar-refractivity contribution in [2.24, 2.45) is 0 Å². The molecule has 0 saturated heterocycles. The smallest absolute Gasteiger partial charge is 0.341 e. The van der Waals surface area contributed by atoms with Crippen molar-refractivity contribution in [2.75, 3.05) is 6.61 Å². The summed E-state index contributed by atoms with van der Waals surface area (Å²) in [4.78, 5) is 60.2. The van der Waals surface area contributed by atoms with E-state index in [0.29, 0.717) is 0 Å². The zero-order valence-electron chi connectivity index (χ0n) is 29.6. The molecule has 0 aliphatic carbocycles. The largest absolute Gasteiger partial charge is 0.480 e. The Hall–Kier alpha value is -3.59. The summed E-state index contributed by atoms with van der Waals surface area (Å²) in [6, 6.07) is 21.1. The normalized spacial score (nSPS) is 14.0. The van der Waals surface area contributed by atoms with Gasteiger partial charge in [0.2, 0.25) is 13.3 Å². The lowest BCUT2D eigenvalue weighted by Crippen LogP contribution is -2.47. The first kappa shape index (κ1) is 40.8. The van der Waals surface area contributed by atoms with E-state index in [1.807, 2.05) is 12.1 Å². The summed E-state index contributed by atoms with van der Waals surface area (Å²) in [5.74, 6) is -2.17. The van der Waals surface area contributed by atoms with E-state index in [4.69, 9.17) is 9.26 Å². The summed E-state index contributed by atoms with van der Waals surface area (Å²) in [5, 5.41) is 10.4. The first-order valence-electron chi connectivity index (χ1n) is 16.8. The van der Waals surface area contributed by atoms with Gasteiger partial charge in [0, 0.05) is 42.1 Å². The highest BCUT2D eigenvalue weighted by Gasteiger charge is 2.59. The highest BCUT2D eigenvalue weighted by molar-refractivity contribution is 7.80. The fraction of sp³-hybridized carbons (Fsp3) is 0.432. The van der Waals surface area contributed by atoms with Crippen LogP contribution in [-0.2, 0) is 46.4 Å².